The van der Waals surface area contributed by atoms with Crippen LogP contribution in [-0.4, -0.2) is 16.1 Å². The van der Waals surface area contributed by atoms with Gasteiger partial charge in [0.2, 0.25) is 0 Å². The first-order valence-corrected chi connectivity index (χ1v) is 10.4. The van der Waals surface area contributed by atoms with Crippen molar-refractivity contribution in [3.05, 3.63) is 63.4 Å². The van der Waals surface area contributed by atoms with Crippen LogP contribution in [0.2, 0.25) is 5.02 Å². The molecule has 0 spiro atoms. The standard InChI is InChI=1S/C23H26ClN3O/c1-15-5-7-18(8-6-15)22-26-21-10-9-19(24)12-20(21)23(28)27(22)14-17-4-2-3-16(11-17)13-25/h5-10,12,16-17H,2-4,11,13-14,25H2,1H3. The average molecular weight is 396 g/mol. The number of nitrogens with two attached hydrogens (primary N) is 1. The number of aryl methyl sites for hydroxylation is 1. The van der Waals surface area contributed by atoms with E-state index >= 15 is 0 Å². The largest absolute Gasteiger partial charge is 0.330 e. The molecular formula is C23H26ClN3O. The van der Waals surface area contributed by atoms with Crippen LogP contribution in [0.1, 0.15) is 31.2 Å². The molecule has 1 aliphatic carbocycles. The van der Waals surface area contributed by atoms with Gasteiger partial charge in [0.15, 0.2) is 0 Å². The van der Waals surface area contributed by atoms with Crippen LogP contribution in [0, 0.1) is 18.8 Å². The first-order valence-electron chi connectivity index (χ1n) is 10.0. The molecule has 1 fully saturated rings. The van der Waals surface area contributed by atoms with Crippen molar-refractivity contribution in [3.63, 3.8) is 0 Å². The van der Waals surface area contributed by atoms with Gasteiger partial charge in [0, 0.05) is 17.1 Å². The molecule has 0 radical (unpaired) electrons. The summed E-state index contributed by atoms with van der Waals surface area (Å²) in [5, 5.41) is 1.14. The molecule has 0 amide bonds. The van der Waals surface area contributed by atoms with Crippen molar-refractivity contribution in [2.24, 2.45) is 17.6 Å². The molecular weight excluding hydrogens is 370 g/mol. The maximum Gasteiger partial charge on any atom is 0.261 e. The lowest BCUT2D eigenvalue weighted by Gasteiger charge is -2.29. The number of halogens is 1. The minimum absolute atomic E-state index is 0.0158. The molecule has 0 saturated heterocycles. The highest BCUT2D eigenvalue weighted by Gasteiger charge is 2.23. The quantitative estimate of drug-likeness (QED) is 0.690. The molecule has 28 heavy (non-hydrogen) atoms. The van der Waals surface area contributed by atoms with E-state index in [-0.39, 0.29) is 5.56 Å². The first kappa shape index (κ1) is 19.2. The van der Waals surface area contributed by atoms with Crippen molar-refractivity contribution in [1.29, 1.82) is 0 Å². The van der Waals surface area contributed by atoms with Crippen LogP contribution in [0.15, 0.2) is 47.3 Å². The molecule has 0 bridgehead atoms. The predicted octanol–water partition coefficient (Wildman–Crippen LogP) is 4.79. The van der Waals surface area contributed by atoms with E-state index in [9.17, 15) is 4.79 Å². The van der Waals surface area contributed by atoms with Crippen LogP contribution in [0.25, 0.3) is 22.3 Å². The van der Waals surface area contributed by atoms with Gasteiger partial charge in [-0.3, -0.25) is 9.36 Å². The maximum atomic E-state index is 13.4. The molecule has 1 aromatic heterocycles. The van der Waals surface area contributed by atoms with E-state index in [4.69, 9.17) is 22.3 Å². The molecule has 4 nitrogen and oxygen atoms in total. The molecule has 4 rings (SSSR count). The maximum absolute atomic E-state index is 13.4. The van der Waals surface area contributed by atoms with Gasteiger partial charge in [-0.25, -0.2) is 4.98 Å². The first-order chi connectivity index (χ1) is 13.5. The molecule has 0 aliphatic heterocycles. The Hall–Kier alpha value is -2.17. The van der Waals surface area contributed by atoms with E-state index in [0.717, 1.165) is 30.8 Å². The molecule has 2 unspecified atom stereocenters. The average Bonchev–Trinajstić information content (AvgIpc) is 2.71. The van der Waals surface area contributed by atoms with E-state index in [1.54, 1.807) is 12.1 Å². The lowest BCUT2D eigenvalue weighted by Crippen LogP contribution is -2.30. The lowest BCUT2D eigenvalue weighted by molar-refractivity contribution is 0.246. The Morgan fingerprint density at radius 1 is 1.14 bits per heavy atom. The van der Waals surface area contributed by atoms with Crippen molar-refractivity contribution in [1.82, 2.24) is 9.55 Å². The second-order valence-electron chi connectivity index (χ2n) is 8.01. The van der Waals surface area contributed by atoms with Crippen LogP contribution in [0.4, 0.5) is 0 Å². The number of nitrogens with zero attached hydrogens (tertiary/aromatic N) is 2. The normalized spacial score (nSPS) is 19.8. The Morgan fingerprint density at radius 3 is 2.64 bits per heavy atom. The Balaban J connectivity index is 1.83. The van der Waals surface area contributed by atoms with E-state index in [1.165, 1.54) is 18.4 Å². The third kappa shape index (κ3) is 3.85. The summed E-state index contributed by atoms with van der Waals surface area (Å²) in [7, 11) is 0. The summed E-state index contributed by atoms with van der Waals surface area (Å²) >= 11 is 6.16. The zero-order valence-corrected chi connectivity index (χ0v) is 17.0. The van der Waals surface area contributed by atoms with Gasteiger partial charge in [0.05, 0.1) is 10.9 Å². The Morgan fingerprint density at radius 2 is 1.89 bits per heavy atom. The van der Waals surface area contributed by atoms with Gasteiger partial charge in [-0.15, -0.1) is 0 Å². The molecule has 146 valence electrons. The van der Waals surface area contributed by atoms with Crippen molar-refractivity contribution < 1.29 is 0 Å². The summed E-state index contributed by atoms with van der Waals surface area (Å²) in [5.74, 6) is 1.73. The van der Waals surface area contributed by atoms with Crippen LogP contribution < -0.4 is 11.3 Å². The number of hydrogen-bond donors (Lipinski definition) is 1. The molecule has 1 heterocycles. The fourth-order valence-corrected chi connectivity index (χ4v) is 4.50. The van der Waals surface area contributed by atoms with E-state index < -0.39 is 0 Å². The van der Waals surface area contributed by atoms with Crippen LogP contribution in [0.3, 0.4) is 0 Å². The van der Waals surface area contributed by atoms with E-state index in [2.05, 4.69) is 19.1 Å². The zero-order chi connectivity index (χ0) is 19.7. The molecule has 3 aromatic rings. The number of hydrogen-bond acceptors (Lipinski definition) is 3. The monoisotopic (exact) mass is 395 g/mol. The highest BCUT2D eigenvalue weighted by molar-refractivity contribution is 6.31. The summed E-state index contributed by atoms with van der Waals surface area (Å²) in [6.07, 6.45) is 4.57. The fourth-order valence-electron chi connectivity index (χ4n) is 4.33. The number of fused-ring (bicyclic) bond motifs is 1. The van der Waals surface area contributed by atoms with Gasteiger partial charge in [-0.1, -0.05) is 47.9 Å². The summed E-state index contributed by atoms with van der Waals surface area (Å²) < 4.78 is 1.85. The summed E-state index contributed by atoms with van der Waals surface area (Å²) in [6, 6.07) is 13.5. The van der Waals surface area contributed by atoms with Crippen molar-refractivity contribution in [2.75, 3.05) is 6.54 Å². The van der Waals surface area contributed by atoms with Crippen molar-refractivity contribution >= 4 is 22.5 Å². The second-order valence-corrected chi connectivity index (χ2v) is 8.45. The van der Waals surface area contributed by atoms with Crippen LogP contribution in [0.5, 0.6) is 0 Å². The second kappa shape index (κ2) is 8.06. The minimum Gasteiger partial charge on any atom is -0.330 e. The Labute approximate surface area is 170 Å². The van der Waals surface area contributed by atoms with Gasteiger partial charge < -0.3 is 5.73 Å². The number of rotatable bonds is 4. The molecule has 2 N–H and O–H groups in total. The van der Waals surface area contributed by atoms with Crippen molar-refractivity contribution in [3.8, 4) is 11.4 Å². The van der Waals surface area contributed by atoms with Gasteiger partial charge in [0.1, 0.15) is 5.82 Å². The number of aromatic nitrogens is 2. The SMILES string of the molecule is Cc1ccc(-c2nc3ccc(Cl)cc3c(=O)n2CC2CCCC(CN)C2)cc1. The third-order valence-corrected chi connectivity index (χ3v) is 6.13. The van der Waals surface area contributed by atoms with Crippen LogP contribution >= 0.6 is 11.6 Å². The Bertz CT molecular complexity index is 1040. The highest BCUT2D eigenvalue weighted by Crippen LogP contribution is 2.31. The highest BCUT2D eigenvalue weighted by atomic mass is 35.5. The van der Waals surface area contributed by atoms with Gasteiger partial charge >= 0.3 is 0 Å². The summed E-state index contributed by atoms with van der Waals surface area (Å²) in [6.45, 7) is 3.46. The topological polar surface area (TPSA) is 60.9 Å². The minimum atomic E-state index is -0.0158. The molecule has 1 aliphatic rings. The Kier molecular flexibility index (Phi) is 5.51. The van der Waals surface area contributed by atoms with E-state index in [0.29, 0.717) is 34.3 Å². The molecule has 5 heteroatoms. The van der Waals surface area contributed by atoms with Gasteiger partial charge in [0.25, 0.3) is 5.56 Å². The fraction of sp³-hybridized carbons (Fsp3) is 0.391. The van der Waals surface area contributed by atoms with Crippen LogP contribution in [-0.2, 0) is 6.54 Å². The molecule has 2 aromatic carbocycles. The zero-order valence-electron chi connectivity index (χ0n) is 16.2. The smallest absolute Gasteiger partial charge is 0.261 e. The summed E-state index contributed by atoms with van der Waals surface area (Å²) in [4.78, 5) is 18.3. The third-order valence-electron chi connectivity index (χ3n) is 5.89. The lowest BCUT2D eigenvalue weighted by atomic mass is 9.81. The molecule has 2 atom stereocenters. The summed E-state index contributed by atoms with van der Waals surface area (Å²) in [5.41, 5.74) is 8.74. The molecule has 1 saturated carbocycles. The number of benzene rings is 2. The van der Waals surface area contributed by atoms with Gasteiger partial charge in [-0.05, 0) is 62.8 Å². The predicted molar refractivity (Wildman–Crippen MR) is 116 cm³/mol. The van der Waals surface area contributed by atoms with Gasteiger partial charge in [-0.2, -0.15) is 0 Å². The van der Waals surface area contributed by atoms with E-state index in [1.807, 2.05) is 22.8 Å². The van der Waals surface area contributed by atoms with Crippen molar-refractivity contribution in [2.45, 2.75) is 39.2 Å².